The highest BCUT2D eigenvalue weighted by molar-refractivity contribution is 8.04. The number of aliphatic hydroxyl groups excluding tert-OH is 1. The molecule has 5 rings (SSSR count). The van der Waals surface area contributed by atoms with Crippen molar-refractivity contribution in [1.82, 2.24) is 0 Å². The number of ether oxygens (including phenoxy) is 1. The van der Waals surface area contributed by atoms with E-state index in [1.165, 1.54) is 0 Å². The summed E-state index contributed by atoms with van der Waals surface area (Å²) in [5.74, 6) is -1.12. The minimum atomic E-state index is -2.00. The van der Waals surface area contributed by atoms with Crippen LogP contribution < -0.4 is 0 Å². The van der Waals surface area contributed by atoms with E-state index in [4.69, 9.17) is 4.74 Å². The summed E-state index contributed by atoms with van der Waals surface area (Å²) in [6, 6.07) is 13.8. The summed E-state index contributed by atoms with van der Waals surface area (Å²) in [5.41, 5.74) is 0.567. The molecule has 3 heterocycles. The third-order valence-electron chi connectivity index (χ3n) is 5.29. The van der Waals surface area contributed by atoms with Crippen LogP contribution in [0.3, 0.4) is 0 Å². The van der Waals surface area contributed by atoms with E-state index in [2.05, 4.69) is 0 Å². The lowest BCUT2D eigenvalue weighted by molar-refractivity contribution is -0.0968. The SMILES string of the molecule is Cc1ccccc1C(=O)C(O)[C@@]12O[C](C[C@@]1(O)C(=O)c1ccccc1C)S2. The lowest BCUT2D eigenvalue weighted by Crippen LogP contribution is -2.63. The molecule has 0 spiro atoms. The Morgan fingerprint density at radius 1 is 1.04 bits per heavy atom. The summed E-state index contributed by atoms with van der Waals surface area (Å²) >= 11 is 1.07. The zero-order valence-electron chi connectivity index (χ0n) is 14.9. The van der Waals surface area contributed by atoms with Crippen molar-refractivity contribution in [3.05, 3.63) is 76.2 Å². The average Bonchev–Trinajstić information content (AvgIpc) is 3.10. The van der Waals surface area contributed by atoms with Gasteiger partial charge in [-0.05, 0) is 25.0 Å². The molecule has 1 radical (unpaired) electrons. The normalized spacial score (nSPS) is 27.9. The molecule has 0 amide bonds. The van der Waals surface area contributed by atoms with Crippen LogP contribution in [0.15, 0.2) is 48.5 Å². The molecule has 3 fully saturated rings. The fourth-order valence-electron chi connectivity index (χ4n) is 3.71. The average molecular weight is 383 g/mol. The minimum absolute atomic E-state index is 0.0387. The van der Waals surface area contributed by atoms with Gasteiger partial charge in [0, 0.05) is 17.5 Å². The molecule has 0 aromatic heterocycles. The predicted octanol–water partition coefficient (Wildman–Crippen LogP) is 2.81. The van der Waals surface area contributed by atoms with Gasteiger partial charge in [0.15, 0.2) is 33.6 Å². The number of aryl methyl sites for hydroxylation is 2. The number of Topliss-reactive ketones (excluding diaryl/α,β-unsaturated/α-hetero) is 2. The van der Waals surface area contributed by atoms with Crippen molar-refractivity contribution in [3.8, 4) is 0 Å². The molecule has 3 aliphatic rings. The third-order valence-corrected chi connectivity index (χ3v) is 6.69. The largest absolute Gasteiger partial charge is 0.381 e. The quantitative estimate of drug-likeness (QED) is 0.773. The minimum Gasteiger partial charge on any atom is -0.381 e. The van der Waals surface area contributed by atoms with Crippen molar-refractivity contribution in [3.63, 3.8) is 0 Å². The zero-order chi connectivity index (χ0) is 19.4. The Balaban J connectivity index is 1.72. The molecular formula is C21H19O5S. The molecule has 3 atom stereocenters. The lowest BCUT2D eigenvalue weighted by atomic mass is 9.81. The summed E-state index contributed by atoms with van der Waals surface area (Å²) in [6.45, 7) is 3.54. The van der Waals surface area contributed by atoms with Crippen LogP contribution in [0, 0.1) is 19.3 Å². The number of hydrogen-bond donors (Lipinski definition) is 2. The fraction of sp³-hybridized carbons (Fsp3) is 0.286. The van der Waals surface area contributed by atoms with E-state index >= 15 is 0 Å². The van der Waals surface area contributed by atoms with Crippen molar-refractivity contribution in [2.24, 2.45) is 0 Å². The second-order valence-electron chi connectivity index (χ2n) is 7.01. The van der Waals surface area contributed by atoms with E-state index in [1.54, 1.807) is 62.4 Å². The van der Waals surface area contributed by atoms with Crippen LogP contribution in [-0.2, 0) is 4.74 Å². The summed E-state index contributed by atoms with van der Waals surface area (Å²) in [7, 11) is 0. The van der Waals surface area contributed by atoms with Gasteiger partial charge in [0.05, 0.1) is 0 Å². The van der Waals surface area contributed by atoms with Gasteiger partial charge in [-0.2, -0.15) is 0 Å². The van der Waals surface area contributed by atoms with Gasteiger partial charge in [-0.15, -0.1) is 0 Å². The van der Waals surface area contributed by atoms with E-state index in [0.717, 1.165) is 11.8 Å². The Hall–Kier alpha value is -1.99. The number of rotatable bonds is 5. The number of ketones is 2. The number of hydrogen-bond acceptors (Lipinski definition) is 6. The van der Waals surface area contributed by atoms with Gasteiger partial charge in [-0.3, -0.25) is 9.59 Å². The van der Waals surface area contributed by atoms with Crippen molar-refractivity contribution in [1.29, 1.82) is 0 Å². The summed E-state index contributed by atoms with van der Waals surface area (Å²) in [4.78, 5) is 24.4. The van der Waals surface area contributed by atoms with Crippen LogP contribution >= 0.6 is 11.8 Å². The van der Waals surface area contributed by atoms with Gasteiger partial charge in [0.25, 0.3) is 0 Å². The Bertz CT molecular complexity index is 934. The molecule has 0 saturated carbocycles. The second-order valence-corrected chi connectivity index (χ2v) is 8.27. The molecule has 3 aliphatic heterocycles. The molecule has 139 valence electrons. The monoisotopic (exact) mass is 383 g/mol. The van der Waals surface area contributed by atoms with E-state index in [-0.39, 0.29) is 6.42 Å². The first-order valence-electron chi connectivity index (χ1n) is 8.65. The fourth-order valence-corrected chi connectivity index (χ4v) is 5.08. The van der Waals surface area contributed by atoms with Crippen molar-refractivity contribution >= 4 is 23.3 Å². The van der Waals surface area contributed by atoms with Crippen molar-refractivity contribution < 1.29 is 24.5 Å². The van der Waals surface area contributed by atoms with Gasteiger partial charge in [-0.1, -0.05) is 60.3 Å². The number of fused-ring (bicyclic) bond motifs is 1. The molecule has 6 heteroatoms. The topological polar surface area (TPSA) is 83.8 Å². The summed E-state index contributed by atoms with van der Waals surface area (Å²) in [5, 5.41) is 22.2. The first kappa shape index (κ1) is 18.4. The van der Waals surface area contributed by atoms with Gasteiger partial charge in [-0.25, -0.2) is 0 Å². The number of aliphatic hydroxyl groups is 2. The first-order valence-corrected chi connectivity index (χ1v) is 9.46. The van der Waals surface area contributed by atoms with Crippen LogP contribution in [-0.4, -0.2) is 38.4 Å². The van der Waals surface area contributed by atoms with Crippen LogP contribution in [0.5, 0.6) is 0 Å². The van der Waals surface area contributed by atoms with Crippen molar-refractivity contribution in [2.75, 3.05) is 0 Å². The maximum Gasteiger partial charge on any atom is 0.198 e. The number of thioether (sulfide) groups is 1. The van der Waals surface area contributed by atoms with Crippen LogP contribution in [0.2, 0.25) is 0 Å². The number of carbonyl (C=O) groups excluding carboxylic acids is 2. The third kappa shape index (κ3) is 2.51. The van der Waals surface area contributed by atoms with Crippen LogP contribution in [0.25, 0.3) is 0 Å². The smallest absolute Gasteiger partial charge is 0.198 e. The molecule has 2 bridgehead atoms. The zero-order valence-corrected chi connectivity index (χ0v) is 15.7. The standard InChI is InChI=1S/C21H19O5S/c1-12-7-3-5-9-14(12)17(22)19(24)21-20(25,11-16(26-21)27-21)18(23)15-10-6-4-8-13(15)2/h3-10,19,24-25H,11H2,1-2H3/t19?,20-,21+/m1/s1. The highest BCUT2D eigenvalue weighted by Gasteiger charge is 2.77. The van der Waals surface area contributed by atoms with E-state index in [0.29, 0.717) is 27.7 Å². The highest BCUT2D eigenvalue weighted by atomic mass is 32.2. The van der Waals surface area contributed by atoms with Crippen LogP contribution in [0.1, 0.15) is 38.3 Å². The van der Waals surface area contributed by atoms with E-state index in [9.17, 15) is 19.8 Å². The predicted molar refractivity (Wildman–Crippen MR) is 101 cm³/mol. The molecule has 1 unspecified atom stereocenters. The molecule has 0 aliphatic carbocycles. The molecule has 27 heavy (non-hydrogen) atoms. The Labute approximate surface area is 161 Å². The van der Waals surface area contributed by atoms with Gasteiger partial charge >= 0.3 is 0 Å². The molecule has 2 aromatic carbocycles. The Morgan fingerprint density at radius 3 is 2.11 bits per heavy atom. The Morgan fingerprint density at radius 2 is 1.56 bits per heavy atom. The maximum atomic E-state index is 13.2. The number of carbonyl (C=O) groups is 2. The molecular weight excluding hydrogens is 364 g/mol. The molecule has 3 saturated heterocycles. The molecule has 2 aromatic rings. The molecule has 5 nitrogen and oxygen atoms in total. The Kier molecular flexibility index (Phi) is 4.27. The van der Waals surface area contributed by atoms with E-state index in [1.807, 2.05) is 0 Å². The second kappa shape index (κ2) is 6.27. The summed E-state index contributed by atoms with van der Waals surface area (Å²) < 4.78 is 5.62. The van der Waals surface area contributed by atoms with Gasteiger partial charge < -0.3 is 14.9 Å². The highest BCUT2D eigenvalue weighted by Crippen LogP contribution is 2.68. The van der Waals surface area contributed by atoms with Crippen LogP contribution in [0.4, 0.5) is 0 Å². The maximum absolute atomic E-state index is 13.2. The van der Waals surface area contributed by atoms with E-state index < -0.39 is 28.2 Å². The number of benzene rings is 2. The summed E-state index contributed by atoms with van der Waals surface area (Å²) in [6.07, 6.45) is -1.71. The van der Waals surface area contributed by atoms with Gasteiger partial charge in [0.1, 0.15) is 0 Å². The molecule has 2 N–H and O–H groups in total. The first-order chi connectivity index (χ1) is 12.8. The lowest BCUT2D eigenvalue weighted by Gasteiger charge is -2.45. The van der Waals surface area contributed by atoms with Gasteiger partial charge in [0.2, 0.25) is 0 Å². The van der Waals surface area contributed by atoms with Crippen molar-refractivity contribution in [2.45, 2.75) is 36.9 Å².